The van der Waals surface area contributed by atoms with Crippen LogP contribution >= 0.6 is 23.4 Å². The van der Waals surface area contributed by atoms with Crippen molar-refractivity contribution in [3.63, 3.8) is 0 Å². The molecule has 0 aliphatic rings. The summed E-state index contributed by atoms with van der Waals surface area (Å²) in [4.78, 5) is 14.1. The Morgan fingerprint density at radius 2 is 1.61 bits per heavy atom. The van der Waals surface area contributed by atoms with E-state index in [1.807, 2.05) is 72.8 Å². The Bertz CT molecular complexity index is 970. The van der Waals surface area contributed by atoms with E-state index in [1.54, 1.807) is 18.9 Å². The number of hydrogen-bond acceptors (Lipinski definition) is 3. The van der Waals surface area contributed by atoms with Crippen molar-refractivity contribution < 1.29 is 9.53 Å². The Morgan fingerprint density at radius 3 is 2.19 bits per heavy atom. The van der Waals surface area contributed by atoms with Crippen LogP contribution in [0.3, 0.4) is 0 Å². The van der Waals surface area contributed by atoms with Crippen molar-refractivity contribution in [3.8, 4) is 5.75 Å². The molecule has 0 aromatic heterocycles. The maximum Gasteiger partial charge on any atom is 0.251 e. The first-order chi connectivity index (χ1) is 14.9. The van der Waals surface area contributed by atoms with Gasteiger partial charge in [-0.25, -0.2) is 0 Å². The van der Waals surface area contributed by atoms with Crippen molar-refractivity contribution in [2.24, 2.45) is 5.92 Å². The van der Waals surface area contributed by atoms with Crippen molar-refractivity contribution in [1.82, 2.24) is 5.32 Å². The van der Waals surface area contributed by atoms with E-state index in [1.165, 1.54) is 10.5 Å². The lowest BCUT2D eigenvalue weighted by Crippen LogP contribution is -2.29. The zero-order chi connectivity index (χ0) is 22.2. The Labute approximate surface area is 194 Å². The first-order valence-corrected chi connectivity index (χ1v) is 11.7. The van der Waals surface area contributed by atoms with Gasteiger partial charge in [-0.05, 0) is 72.0 Å². The summed E-state index contributed by atoms with van der Waals surface area (Å²) in [7, 11) is 1.65. The Morgan fingerprint density at radius 1 is 0.968 bits per heavy atom. The third-order valence-corrected chi connectivity index (χ3v) is 6.30. The Hall–Kier alpha value is -2.43. The zero-order valence-corrected chi connectivity index (χ0v) is 19.7. The molecule has 0 saturated carbocycles. The molecule has 1 N–H and O–H groups in total. The van der Waals surface area contributed by atoms with E-state index in [4.69, 9.17) is 16.3 Å². The van der Waals surface area contributed by atoms with E-state index in [9.17, 15) is 4.79 Å². The molecule has 31 heavy (non-hydrogen) atoms. The van der Waals surface area contributed by atoms with E-state index in [2.05, 4.69) is 19.2 Å². The lowest BCUT2D eigenvalue weighted by molar-refractivity contribution is 0.0932. The number of rotatable bonds is 9. The lowest BCUT2D eigenvalue weighted by Gasteiger charge is -2.21. The largest absolute Gasteiger partial charge is 0.497 e. The Kier molecular flexibility index (Phi) is 8.44. The van der Waals surface area contributed by atoms with Gasteiger partial charge in [0, 0.05) is 21.2 Å². The number of amides is 1. The van der Waals surface area contributed by atoms with E-state index in [0.29, 0.717) is 11.5 Å². The van der Waals surface area contributed by atoms with Gasteiger partial charge in [-0.2, -0.15) is 0 Å². The molecule has 1 atom stereocenters. The fourth-order valence-corrected chi connectivity index (χ4v) is 4.26. The summed E-state index contributed by atoms with van der Waals surface area (Å²) in [6.45, 7) is 4.33. The zero-order valence-electron chi connectivity index (χ0n) is 18.1. The SMILES string of the molecule is COc1ccc([C@@H](CC(C)C)NC(=O)c2ccc(CSc3ccc(Cl)cc3)cc2)cc1. The predicted molar refractivity (Wildman–Crippen MR) is 130 cm³/mol. The molecule has 0 saturated heterocycles. The van der Waals surface area contributed by atoms with Crippen molar-refractivity contribution in [1.29, 1.82) is 0 Å². The van der Waals surface area contributed by atoms with Gasteiger partial charge in [-0.15, -0.1) is 11.8 Å². The van der Waals surface area contributed by atoms with Gasteiger partial charge in [-0.3, -0.25) is 4.79 Å². The van der Waals surface area contributed by atoms with Crippen LogP contribution < -0.4 is 10.1 Å². The van der Waals surface area contributed by atoms with Gasteiger partial charge in [-0.1, -0.05) is 49.7 Å². The first-order valence-electron chi connectivity index (χ1n) is 10.4. The monoisotopic (exact) mass is 453 g/mol. The van der Waals surface area contributed by atoms with E-state index >= 15 is 0 Å². The molecule has 0 radical (unpaired) electrons. The highest BCUT2D eigenvalue weighted by Crippen LogP contribution is 2.26. The van der Waals surface area contributed by atoms with Crippen LogP contribution in [0.15, 0.2) is 77.7 Å². The number of thioether (sulfide) groups is 1. The third-order valence-electron chi connectivity index (χ3n) is 4.97. The van der Waals surface area contributed by atoms with Gasteiger partial charge >= 0.3 is 0 Å². The van der Waals surface area contributed by atoms with Crippen LogP contribution in [0.25, 0.3) is 0 Å². The topological polar surface area (TPSA) is 38.3 Å². The lowest BCUT2D eigenvalue weighted by atomic mass is 9.96. The molecule has 162 valence electrons. The molecular weight excluding hydrogens is 426 g/mol. The summed E-state index contributed by atoms with van der Waals surface area (Å²) in [5.74, 6) is 2.05. The van der Waals surface area contributed by atoms with Crippen LogP contribution in [0.2, 0.25) is 5.02 Å². The summed E-state index contributed by atoms with van der Waals surface area (Å²) in [6, 6.07) is 23.5. The van der Waals surface area contributed by atoms with Gasteiger partial charge in [0.15, 0.2) is 0 Å². The normalized spacial score (nSPS) is 11.9. The second-order valence-corrected chi connectivity index (χ2v) is 9.35. The molecular formula is C26H28ClNO2S. The molecule has 1 amide bonds. The molecule has 0 heterocycles. The highest BCUT2D eigenvalue weighted by Gasteiger charge is 2.17. The molecule has 0 bridgehead atoms. The molecule has 3 aromatic carbocycles. The molecule has 5 heteroatoms. The average Bonchev–Trinajstić information content (AvgIpc) is 2.78. The molecule has 0 unspecified atom stereocenters. The van der Waals surface area contributed by atoms with Crippen LogP contribution in [-0.2, 0) is 5.75 Å². The number of halogens is 1. The molecule has 0 aliphatic carbocycles. The smallest absolute Gasteiger partial charge is 0.251 e. The minimum absolute atomic E-state index is 0.0430. The van der Waals surface area contributed by atoms with Crippen molar-refractivity contribution in [3.05, 3.63) is 94.5 Å². The summed E-state index contributed by atoms with van der Waals surface area (Å²) in [6.07, 6.45) is 0.869. The number of ether oxygens (including phenoxy) is 1. The van der Waals surface area contributed by atoms with Gasteiger partial charge in [0.05, 0.1) is 13.2 Å². The van der Waals surface area contributed by atoms with Crippen LogP contribution in [0.5, 0.6) is 5.75 Å². The quantitative estimate of drug-likeness (QED) is 0.349. The van der Waals surface area contributed by atoms with Gasteiger partial charge in [0.25, 0.3) is 5.91 Å². The summed E-state index contributed by atoms with van der Waals surface area (Å²) in [5.41, 5.74) is 2.92. The number of methoxy groups -OCH3 is 1. The van der Waals surface area contributed by atoms with Crippen LogP contribution in [0.4, 0.5) is 0 Å². The van der Waals surface area contributed by atoms with Crippen LogP contribution in [-0.4, -0.2) is 13.0 Å². The Balaban J connectivity index is 1.63. The van der Waals surface area contributed by atoms with E-state index in [0.717, 1.165) is 28.5 Å². The maximum absolute atomic E-state index is 12.9. The summed E-state index contributed by atoms with van der Waals surface area (Å²) >= 11 is 7.68. The fraction of sp³-hybridized carbons (Fsp3) is 0.269. The van der Waals surface area contributed by atoms with Crippen molar-refractivity contribution in [2.75, 3.05) is 7.11 Å². The number of hydrogen-bond donors (Lipinski definition) is 1. The van der Waals surface area contributed by atoms with Crippen molar-refractivity contribution in [2.45, 2.75) is 37.0 Å². The maximum atomic E-state index is 12.9. The second-order valence-electron chi connectivity index (χ2n) is 7.87. The highest BCUT2D eigenvalue weighted by molar-refractivity contribution is 7.98. The van der Waals surface area contributed by atoms with E-state index < -0.39 is 0 Å². The van der Waals surface area contributed by atoms with Gasteiger partial charge in [0.2, 0.25) is 0 Å². The van der Waals surface area contributed by atoms with Gasteiger partial charge in [0.1, 0.15) is 5.75 Å². The molecule has 0 fully saturated rings. The average molecular weight is 454 g/mol. The number of nitrogens with one attached hydrogen (secondary N) is 1. The van der Waals surface area contributed by atoms with Crippen LogP contribution in [0, 0.1) is 5.92 Å². The molecule has 3 aromatic rings. The highest BCUT2D eigenvalue weighted by atomic mass is 35.5. The number of carbonyl (C=O) groups excluding carboxylic acids is 1. The molecule has 3 rings (SSSR count). The van der Waals surface area contributed by atoms with Gasteiger partial charge < -0.3 is 10.1 Å². The predicted octanol–water partition coefficient (Wildman–Crippen LogP) is 7.16. The minimum atomic E-state index is -0.0571. The number of benzene rings is 3. The molecule has 0 aliphatic heterocycles. The second kappa shape index (κ2) is 11.3. The standard InChI is InChI=1S/C26H28ClNO2S/c1-18(2)16-25(20-8-12-23(30-3)13-9-20)28-26(29)21-6-4-19(5-7-21)17-31-24-14-10-22(27)11-15-24/h4-15,18,25H,16-17H2,1-3H3,(H,28,29)/t25-/m1/s1. The number of carbonyl (C=O) groups is 1. The molecule has 3 nitrogen and oxygen atoms in total. The fourth-order valence-electron chi connectivity index (χ4n) is 3.28. The third kappa shape index (κ3) is 7.05. The molecule has 0 spiro atoms. The van der Waals surface area contributed by atoms with Crippen LogP contribution in [0.1, 0.15) is 47.8 Å². The minimum Gasteiger partial charge on any atom is -0.497 e. The first kappa shape index (κ1) is 23.2. The summed E-state index contributed by atoms with van der Waals surface area (Å²) < 4.78 is 5.25. The van der Waals surface area contributed by atoms with Crippen molar-refractivity contribution >= 4 is 29.3 Å². The van der Waals surface area contributed by atoms with E-state index in [-0.39, 0.29) is 11.9 Å². The summed E-state index contributed by atoms with van der Waals surface area (Å²) in [5, 5.41) is 3.94.